The number of pyridine rings is 1. The number of carbonyl (C=O) groups is 1. The second kappa shape index (κ2) is 8.75. The van der Waals surface area contributed by atoms with Crippen LogP contribution in [-0.2, 0) is 30.6 Å². The van der Waals surface area contributed by atoms with Gasteiger partial charge >= 0.3 is 0 Å². The minimum absolute atomic E-state index is 0.315. The fourth-order valence-corrected chi connectivity index (χ4v) is 6.43. The maximum atomic E-state index is 12.8. The SMILES string of the molecule is O=C(CCCCc1ccn[nH]1)Cc1sc2c(c1-c1nc3cnccc3s1)CCNC2. The maximum absolute atomic E-state index is 12.8. The molecule has 0 fully saturated rings. The summed E-state index contributed by atoms with van der Waals surface area (Å²) in [6.07, 6.45) is 10.4. The van der Waals surface area contributed by atoms with Crippen LogP contribution >= 0.6 is 22.7 Å². The molecule has 8 heteroatoms. The Hall–Kier alpha value is -2.42. The number of rotatable bonds is 8. The quantitative estimate of drug-likeness (QED) is 0.401. The molecule has 0 amide bonds. The zero-order valence-electron chi connectivity index (χ0n) is 16.6. The van der Waals surface area contributed by atoms with Crippen molar-refractivity contribution < 1.29 is 4.79 Å². The molecule has 2 N–H and O–H groups in total. The molecule has 0 bridgehead atoms. The molecule has 4 aromatic rings. The van der Waals surface area contributed by atoms with Gasteiger partial charge in [0.05, 0.1) is 10.9 Å². The summed E-state index contributed by atoms with van der Waals surface area (Å²) in [5, 5.41) is 11.4. The molecule has 0 spiro atoms. The molecule has 0 atom stereocenters. The van der Waals surface area contributed by atoms with Crippen molar-refractivity contribution in [3.63, 3.8) is 0 Å². The molecule has 0 saturated heterocycles. The summed E-state index contributed by atoms with van der Waals surface area (Å²) in [4.78, 5) is 24.4. The van der Waals surface area contributed by atoms with E-state index in [1.165, 1.54) is 20.9 Å². The first-order valence-electron chi connectivity index (χ1n) is 10.3. The average Bonchev–Trinajstić information content (AvgIpc) is 3.48. The van der Waals surface area contributed by atoms with Crippen LogP contribution in [0.4, 0.5) is 0 Å². The van der Waals surface area contributed by atoms with Gasteiger partial charge in [0.25, 0.3) is 0 Å². The molecule has 4 aromatic heterocycles. The molecule has 1 aliphatic rings. The molecule has 0 radical (unpaired) electrons. The first-order valence-corrected chi connectivity index (χ1v) is 12.0. The number of ketones is 1. The maximum Gasteiger partial charge on any atom is 0.138 e. The second-order valence-corrected chi connectivity index (χ2v) is 9.82. The number of aromatic nitrogens is 4. The lowest BCUT2D eigenvalue weighted by Crippen LogP contribution is -2.22. The number of thiophene rings is 1. The molecule has 5 heterocycles. The fraction of sp³-hybridized carbons (Fsp3) is 0.364. The molecule has 30 heavy (non-hydrogen) atoms. The number of unbranched alkanes of at least 4 members (excludes halogenated alkanes) is 1. The Labute approximate surface area is 182 Å². The number of hydrogen-bond donors (Lipinski definition) is 2. The summed E-state index contributed by atoms with van der Waals surface area (Å²) in [7, 11) is 0. The Morgan fingerprint density at radius 2 is 2.13 bits per heavy atom. The van der Waals surface area contributed by atoms with E-state index >= 15 is 0 Å². The van der Waals surface area contributed by atoms with Gasteiger partial charge in [-0.2, -0.15) is 5.10 Å². The Kier molecular flexibility index (Phi) is 5.70. The van der Waals surface area contributed by atoms with Crippen LogP contribution in [-0.4, -0.2) is 32.5 Å². The smallest absolute Gasteiger partial charge is 0.138 e. The lowest BCUT2D eigenvalue weighted by atomic mass is 10.00. The van der Waals surface area contributed by atoms with E-state index in [4.69, 9.17) is 4.98 Å². The minimum atomic E-state index is 0.315. The number of aryl methyl sites for hydroxylation is 1. The van der Waals surface area contributed by atoms with Gasteiger partial charge < -0.3 is 5.32 Å². The number of Topliss-reactive ketones (excluding diaryl/α,β-unsaturated/α-hetero) is 1. The topological polar surface area (TPSA) is 83.6 Å². The van der Waals surface area contributed by atoms with Crippen molar-refractivity contribution in [1.82, 2.24) is 25.5 Å². The van der Waals surface area contributed by atoms with Gasteiger partial charge in [-0.1, -0.05) is 0 Å². The molecule has 154 valence electrons. The molecule has 0 aliphatic carbocycles. The van der Waals surface area contributed by atoms with Crippen molar-refractivity contribution >= 4 is 38.7 Å². The van der Waals surface area contributed by atoms with Crippen LogP contribution in [0.15, 0.2) is 30.7 Å². The Balaban J connectivity index is 1.34. The van der Waals surface area contributed by atoms with Crippen molar-refractivity contribution in [1.29, 1.82) is 0 Å². The highest BCUT2D eigenvalue weighted by molar-refractivity contribution is 7.22. The zero-order valence-corrected chi connectivity index (χ0v) is 18.2. The lowest BCUT2D eigenvalue weighted by molar-refractivity contribution is -0.118. The number of thiazole rings is 1. The fourth-order valence-electron chi connectivity index (χ4n) is 3.98. The molecule has 0 aromatic carbocycles. The van der Waals surface area contributed by atoms with Gasteiger partial charge in [0.2, 0.25) is 0 Å². The van der Waals surface area contributed by atoms with Crippen LogP contribution in [0.2, 0.25) is 0 Å². The molecular formula is C22H23N5OS2. The van der Waals surface area contributed by atoms with Crippen molar-refractivity contribution in [3.8, 4) is 10.6 Å². The molecular weight excluding hydrogens is 414 g/mol. The first-order chi connectivity index (χ1) is 14.8. The van der Waals surface area contributed by atoms with Crippen LogP contribution in [0.1, 0.15) is 40.3 Å². The average molecular weight is 438 g/mol. The number of nitrogens with zero attached hydrogens (tertiary/aromatic N) is 3. The van der Waals surface area contributed by atoms with Crippen molar-refractivity contribution in [2.45, 2.75) is 45.1 Å². The highest BCUT2D eigenvalue weighted by atomic mass is 32.1. The third kappa shape index (κ3) is 4.08. The normalized spacial score (nSPS) is 13.6. The van der Waals surface area contributed by atoms with E-state index in [1.807, 2.05) is 24.5 Å². The summed E-state index contributed by atoms with van der Waals surface area (Å²) in [5.41, 5.74) is 4.66. The third-order valence-electron chi connectivity index (χ3n) is 5.47. The lowest BCUT2D eigenvalue weighted by Gasteiger charge is -2.13. The monoisotopic (exact) mass is 437 g/mol. The van der Waals surface area contributed by atoms with Gasteiger partial charge in [-0.15, -0.1) is 22.7 Å². The summed E-state index contributed by atoms with van der Waals surface area (Å²) >= 11 is 3.49. The second-order valence-electron chi connectivity index (χ2n) is 7.60. The van der Waals surface area contributed by atoms with E-state index in [1.54, 1.807) is 28.9 Å². The molecule has 0 unspecified atom stereocenters. The Morgan fingerprint density at radius 3 is 3.00 bits per heavy atom. The van der Waals surface area contributed by atoms with E-state index in [0.29, 0.717) is 18.6 Å². The summed E-state index contributed by atoms with van der Waals surface area (Å²) in [6.45, 7) is 1.86. The number of fused-ring (bicyclic) bond motifs is 2. The predicted molar refractivity (Wildman–Crippen MR) is 121 cm³/mol. The van der Waals surface area contributed by atoms with Gasteiger partial charge in [0.15, 0.2) is 0 Å². The summed E-state index contributed by atoms with van der Waals surface area (Å²) in [5.74, 6) is 0.315. The van der Waals surface area contributed by atoms with E-state index < -0.39 is 0 Å². The van der Waals surface area contributed by atoms with Crippen LogP contribution in [0.25, 0.3) is 20.8 Å². The van der Waals surface area contributed by atoms with Gasteiger partial charge in [-0.05, 0) is 49.9 Å². The molecule has 1 aliphatic heterocycles. The molecule has 6 nitrogen and oxygen atoms in total. The largest absolute Gasteiger partial charge is 0.312 e. The van der Waals surface area contributed by atoms with Gasteiger partial charge in [0.1, 0.15) is 16.3 Å². The Morgan fingerprint density at radius 1 is 1.17 bits per heavy atom. The van der Waals surface area contributed by atoms with Crippen molar-refractivity contribution in [2.24, 2.45) is 0 Å². The number of H-pyrrole nitrogens is 1. The Bertz CT molecular complexity index is 1130. The van der Waals surface area contributed by atoms with Crippen LogP contribution in [0.3, 0.4) is 0 Å². The number of hydrogen-bond acceptors (Lipinski definition) is 7. The number of carbonyl (C=O) groups excluding carboxylic acids is 1. The molecule has 0 saturated carbocycles. The van der Waals surface area contributed by atoms with E-state index in [9.17, 15) is 4.79 Å². The van der Waals surface area contributed by atoms with Crippen LogP contribution in [0, 0.1) is 0 Å². The highest BCUT2D eigenvalue weighted by Crippen LogP contribution is 2.41. The van der Waals surface area contributed by atoms with Crippen LogP contribution in [0.5, 0.6) is 0 Å². The predicted octanol–water partition coefficient (Wildman–Crippen LogP) is 4.31. The van der Waals surface area contributed by atoms with Crippen molar-refractivity contribution in [2.75, 3.05) is 6.54 Å². The summed E-state index contributed by atoms with van der Waals surface area (Å²) in [6, 6.07) is 4.01. The number of nitrogens with one attached hydrogen (secondary N) is 2. The first kappa shape index (κ1) is 19.5. The van der Waals surface area contributed by atoms with Gasteiger partial charge in [-0.25, -0.2) is 4.98 Å². The zero-order chi connectivity index (χ0) is 20.3. The third-order valence-corrected chi connectivity index (χ3v) is 7.76. The number of aromatic amines is 1. The van der Waals surface area contributed by atoms with Crippen LogP contribution < -0.4 is 5.32 Å². The minimum Gasteiger partial charge on any atom is -0.312 e. The standard InChI is InChI=1S/C22H23N5OS2/c28-15(4-2-1-3-14-5-10-25-27-14)11-19-21(16-6-8-24-13-20(16)29-19)22-26-17-12-23-9-7-18(17)30-22/h5,7,9-10,12,24H,1-4,6,8,11,13H2,(H,25,27). The van der Waals surface area contributed by atoms with Gasteiger partial charge in [0, 0.05) is 52.8 Å². The van der Waals surface area contributed by atoms with Gasteiger partial charge in [-0.3, -0.25) is 14.9 Å². The van der Waals surface area contributed by atoms with E-state index in [0.717, 1.165) is 59.7 Å². The summed E-state index contributed by atoms with van der Waals surface area (Å²) < 4.78 is 1.14. The molecule has 5 rings (SSSR count). The van der Waals surface area contributed by atoms with E-state index in [2.05, 4.69) is 20.5 Å². The highest BCUT2D eigenvalue weighted by Gasteiger charge is 2.25. The van der Waals surface area contributed by atoms with Crippen molar-refractivity contribution in [3.05, 3.63) is 51.7 Å². The van der Waals surface area contributed by atoms with E-state index in [-0.39, 0.29) is 0 Å².